The second kappa shape index (κ2) is 6.53. The van der Waals surface area contributed by atoms with Crippen molar-refractivity contribution in [2.24, 2.45) is 5.92 Å². The van der Waals surface area contributed by atoms with E-state index in [0.717, 1.165) is 32.4 Å². The highest BCUT2D eigenvalue weighted by atomic mass is 16.5. The molecule has 0 saturated heterocycles. The van der Waals surface area contributed by atoms with E-state index in [0.29, 0.717) is 12.0 Å². The largest absolute Gasteiger partial charge is 0.468 e. The fraction of sp³-hybridized carbons (Fsp3) is 0.929. The first-order valence-electron chi connectivity index (χ1n) is 7.03. The number of methoxy groups -OCH3 is 1. The molecule has 1 saturated carbocycles. The minimum Gasteiger partial charge on any atom is -0.468 e. The summed E-state index contributed by atoms with van der Waals surface area (Å²) in [5.41, 5.74) is -0.520. The number of nitrogens with one attached hydrogen (secondary N) is 1. The van der Waals surface area contributed by atoms with Gasteiger partial charge in [0.2, 0.25) is 0 Å². The lowest BCUT2D eigenvalue weighted by Crippen LogP contribution is -2.61. The van der Waals surface area contributed by atoms with Crippen LogP contribution in [0.1, 0.15) is 40.0 Å². The summed E-state index contributed by atoms with van der Waals surface area (Å²) in [6.45, 7) is 8.30. The molecular formula is C14H28N2O2. The van der Waals surface area contributed by atoms with Gasteiger partial charge in [-0.15, -0.1) is 0 Å². The standard InChI is InChI=1S/C14H28N2O2/c1-6-9-16(11(2)3)10-14(15-4,12-7-8-12)13(17)18-5/h11-12,15H,6-10H2,1-5H3. The third-order valence-electron chi connectivity index (χ3n) is 3.96. The number of likely N-dealkylation sites (N-methyl/N-ethyl adjacent to an activating group) is 1. The quantitative estimate of drug-likeness (QED) is 0.671. The van der Waals surface area contributed by atoms with Gasteiger partial charge in [0.25, 0.3) is 0 Å². The van der Waals surface area contributed by atoms with E-state index in [1.54, 1.807) is 0 Å². The Labute approximate surface area is 111 Å². The van der Waals surface area contributed by atoms with Crippen LogP contribution in [0.2, 0.25) is 0 Å². The molecular weight excluding hydrogens is 228 g/mol. The molecule has 18 heavy (non-hydrogen) atoms. The molecule has 1 fully saturated rings. The topological polar surface area (TPSA) is 41.6 Å². The number of hydrogen-bond acceptors (Lipinski definition) is 4. The molecule has 0 amide bonds. The highest BCUT2D eigenvalue weighted by molar-refractivity contribution is 5.82. The fourth-order valence-electron chi connectivity index (χ4n) is 2.63. The van der Waals surface area contributed by atoms with Crippen molar-refractivity contribution in [2.75, 3.05) is 27.2 Å². The van der Waals surface area contributed by atoms with Gasteiger partial charge in [-0.25, -0.2) is 4.79 Å². The first-order valence-corrected chi connectivity index (χ1v) is 7.03. The van der Waals surface area contributed by atoms with Crippen LogP contribution in [0.15, 0.2) is 0 Å². The molecule has 1 N–H and O–H groups in total. The SMILES string of the molecule is CCCN(CC(NC)(C(=O)OC)C1CC1)C(C)C. The molecule has 0 aliphatic heterocycles. The van der Waals surface area contributed by atoms with Gasteiger partial charge in [-0.3, -0.25) is 4.90 Å². The van der Waals surface area contributed by atoms with Crippen molar-refractivity contribution in [3.05, 3.63) is 0 Å². The molecule has 1 aliphatic rings. The third-order valence-corrected chi connectivity index (χ3v) is 3.96. The second-order valence-electron chi connectivity index (χ2n) is 5.55. The number of carbonyl (C=O) groups is 1. The van der Waals surface area contributed by atoms with Crippen LogP contribution in [0.3, 0.4) is 0 Å². The van der Waals surface area contributed by atoms with Crippen molar-refractivity contribution in [3.8, 4) is 0 Å². The molecule has 0 bridgehead atoms. The van der Waals surface area contributed by atoms with Gasteiger partial charge in [-0.1, -0.05) is 6.92 Å². The van der Waals surface area contributed by atoms with E-state index < -0.39 is 5.54 Å². The summed E-state index contributed by atoms with van der Waals surface area (Å²) in [7, 11) is 3.36. The molecule has 0 spiro atoms. The van der Waals surface area contributed by atoms with Crippen LogP contribution in [-0.4, -0.2) is 49.7 Å². The van der Waals surface area contributed by atoms with Crippen LogP contribution in [0, 0.1) is 5.92 Å². The number of nitrogens with zero attached hydrogens (tertiary/aromatic N) is 1. The highest BCUT2D eigenvalue weighted by Crippen LogP contribution is 2.41. The molecule has 1 atom stereocenters. The summed E-state index contributed by atoms with van der Waals surface area (Å²) < 4.78 is 5.04. The van der Waals surface area contributed by atoms with E-state index in [1.165, 1.54) is 7.11 Å². The van der Waals surface area contributed by atoms with Gasteiger partial charge < -0.3 is 10.1 Å². The van der Waals surface area contributed by atoms with Crippen LogP contribution < -0.4 is 5.32 Å². The van der Waals surface area contributed by atoms with Crippen LogP contribution in [0.4, 0.5) is 0 Å². The molecule has 1 rings (SSSR count). The Kier molecular flexibility index (Phi) is 5.60. The summed E-state index contributed by atoms with van der Waals surface area (Å²) in [6, 6.07) is 0.445. The highest BCUT2D eigenvalue weighted by Gasteiger charge is 2.51. The Morgan fingerprint density at radius 2 is 2.11 bits per heavy atom. The predicted molar refractivity (Wildman–Crippen MR) is 73.5 cm³/mol. The van der Waals surface area contributed by atoms with E-state index in [-0.39, 0.29) is 5.97 Å². The molecule has 1 aliphatic carbocycles. The van der Waals surface area contributed by atoms with Gasteiger partial charge in [0, 0.05) is 12.6 Å². The number of ether oxygens (including phenoxy) is 1. The van der Waals surface area contributed by atoms with Crippen molar-refractivity contribution in [1.29, 1.82) is 0 Å². The maximum Gasteiger partial charge on any atom is 0.327 e. The average Bonchev–Trinajstić information content (AvgIpc) is 3.18. The van der Waals surface area contributed by atoms with E-state index in [4.69, 9.17) is 4.74 Å². The van der Waals surface area contributed by atoms with Crippen molar-refractivity contribution in [3.63, 3.8) is 0 Å². The Bertz CT molecular complexity index is 277. The van der Waals surface area contributed by atoms with Crippen LogP contribution in [-0.2, 0) is 9.53 Å². The lowest BCUT2D eigenvalue weighted by atomic mass is 9.92. The van der Waals surface area contributed by atoms with Gasteiger partial charge in [0.15, 0.2) is 0 Å². The summed E-state index contributed by atoms with van der Waals surface area (Å²) in [6.07, 6.45) is 3.34. The fourth-order valence-corrected chi connectivity index (χ4v) is 2.63. The summed E-state index contributed by atoms with van der Waals surface area (Å²) in [4.78, 5) is 14.6. The normalized spacial score (nSPS) is 19.1. The average molecular weight is 256 g/mol. The van der Waals surface area contributed by atoms with E-state index in [2.05, 4.69) is 31.0 Å². The minimum atomic E-state index is -0.520. The number of hydrogen-bond donors (Lipinski definition) is 1. The molecule has 4 nitrogen and oxygen atoms in total. The second-order valence-corrected chi connectivity index (χ2v) is 5.55. The smallest absolute Gasteiger partial charge is 0.327 e. The molecule has 4 heteroatoms. The molecule has 106 valence electrons. The number of rotatable bonds is 8. The van der Waals surface area contributed by atoms with Crippen molar-refractivity contribution in [1.82, 2.24) is 10.2 Å². The lowest BCUT2D eigenvalue weighted by molar-refractivity contribution is -0.150. The van der Waals surface area contributed by atoms with E-state index in [1.807, 2.05) is 7.05 Å². The van der Waals surface area contributed by atoms with E-state index in [9.17, 15) is 4.79 Å². The van der Waals surface area contributed by atoms with Crippen molar-refractivity contribution < 1.29 is 9.53 Å². The molecule has 0 heterocycles. The minimum absolute atomic E-state index is 0.116. The van der Waals surface area contributed by atoms with Gasteiger partial charge >= 0.3 is 5.97 Å². The van der Waals surface area contributed by atoms with Crippen LogP contribution in [0.25, 0.3) is 0 Å². The number of esters is 1. The maximum absolute atomic E-state index is 12.2. The van der Waals surface area contributed by atoms with Crippen LogP contribution in [0.5, 0.6) is 0 Å². The van der Waals surface area contributed by atoms with Gasteiger partial charge in [-0.05, 0) is 52.6 Å². The Hall–Kier alpha value is -0.610. The van der Waals surface area contributed by atoms with E-state index >= 15 is 0 Å². The first-order chi connectivity index (χ1) is 8.51. The zero-order valence-electron chi connectivity index (χ0n) is 12.5. The lowest BCUT2D eigenvalue weighted by Gasteiger charge is -2.38. The summed E-state index contributed by atoms with van der Waals surface area (Å²) in [5, 5.41) is 3.26. The third kappa shape index (κ3) is 3.23. The van der Waals surface area contributed by atoms with Gasteiger partial charge in [0.05, 0.1) is 7.11 Å². The molecule has 0 aromatic heterocycles. The van der Waals surface area contributed by atoms with Crippen LogP contribution >= 0.6 is 0 Å². The monoisotopic (exact) mass is 256 g/mol. The van der Waals surface area contributed by atoms with Crippen molar-refractivity contribution in [2.45, 2.75) is 51.6 Å². The molecule has 0 aromatic rings. The van der Waals surface area contributed by atoms with Gasteiger partial charge in [-0.2, -0.15) is 0 Å². The van der Waals surface area contributed by atoms with Gasteiger partial charge in [0.1, 0.15) is 5.54 Å². The van der Waals surface area contributed by atoms with Crippen molar-refractivity contribution >= 4 is 5.97 Å². The molecule has 0 radical (unpaired) electrons. The Balaban J connectivity index is 2.85. The predicted octanol–water partition coefficient (Wildman–Crippen LogP) is 1.65. The zero-order valence-corrected chi connectivity index (χ0v) is 12.5. The summed E-state index contributed by atoms with van der Waals surface area (Å²) in [5.74, 6) is 0.308. The zero-order chi connectivity index (χ0) is 13.8. The Morgan fingerprint density at radius 1 is 1.50 bits per heavy atom. The molecule has 0 aromatic carbocycles. The molecule has 1 unspecified atom stereocenters. The Morgan fingerprint density at radius 3 is 2.44 bits per heavy atom. The maximum atomic E-state index is 12.2. The number of carbonyl (C=O) groups excluding carboxylic acids is 1. The first kappa shape index (κ1) is 15.4. The summed E-state index contributed by atoms with van der Waals surface area (Å²) >= 11 is 0.